The lowest BCUT2D eigenvalue weighted by Gasteiger charge is -2.17. The van der Waals surface area contributed by atoms with Crippen molar-refractivity contribution in [3.8, 4) is 0 Å². The van der Waals surface area contributed by atoms with Gasteiger partial charge in [-0.05, 0) is 49.2 Å². The molecule has 0 bridgehead atoms. The molecule has 3 rings (SSSR count). The molecule has 1 heterocycles. The number of rotatable bonds is 5. The zero-order valence-corrected chi connectivity index (χ0v) is 13.0. The highest BCUT2D eigenvalue weighted by atomic mass is 16.2. The summed E-state index contributed by atoms with van der Waals surface area (Å²) in [5.41, 5.74) is 2.16. The molecule has 2 aromatic rings. The van der Waals surface area contributed by atoms with Crippen LogP contribution in [0.5, 0.6) is 0 Å². The maximum Gasteiger partial charge on any atom is 0.253 e. The average Bonchev–Trinajstić information content (AvgIpc) is 3.41. The third kappa shape index (κ3) is 3.94. The number of carbonyl (C=O) groups is 2. The largest absolute Gasteiger partial charge is 0.336 e. The number of nitrogens with one attached hydrogen (secondary N) is 1. The van der Waals surface area contributed by atoms with E-state index in [0.717, 1.165) is 24.2 Å². The average molecular weight is 309 g/mol. The maximum absolute atomic E-state index is 12.4. The first-order valence-corrected chi connectivity index (χ1v) is 7.70. The Hall–Kier alpha value is -2.69. The highest BCUT2D eigenvalue weighted by Crippen LogP contribution is 2.30. The van der Waals surface area contributed by atoms with Crippen molar-refractivity contribution in [1.82, 2.24) is 9.88 Å². The van der Waals surface area contributed by atoms with Crippen LogP contribution in [0, 0.1) is 5.92 Å². The van der Waals surface area contributed by atoms with Crippen molar-refractivity contribution < 1.29 is 9.59 Å². The Balaban J connectivity index is 1.61. The van der Waals surface area contributed by atoms with Gasteiger partial charge in [0.15, 0.2) is 0 Å². The van der Waals surface area contributed by atoms with Gasteiger partial charge < -0.3 is 10.2 Å². The molecule has 2 amide bonds. The number of hydrogen-bond acceptors (Lipinski definition) is 3. The molecule has 0 radical (unpaired) electrons. The molecule has 1 saturated carbocycles. The van der Waals surface area contributed by atoms with E-state index in [0.29, 0.717) is 12.1 Å². The first-order valence-electron chi connectivity index (χ1n) is 7.70. The van der Waals surface area contributed by atoms with Gasteiger partial charge in [0, 0.05) is 30.4 Å². The van der Waals surface area contributed by atoms with Gasteiger partial charge in [0.1, 0.15) is 0 Å². The lowest BCUT2D eigenvalue weighted by molar-refractivity contribution is -0.117. The van der Waals surface area contributed by atoms with Crippen molar-refractivity contribution >= 4 is 17.5 Å². The van der Waals surface area contributed by atoms with Crippen molar-refractivity contribution in [3.05, 3.63) is 59.9 Å². The molecule has 1 aromatic heterocycles. The summed E-state index contributed by atoms with van der Waals surface area (Å²) in [7, 11) is 1.75. The van der Waals surface area contributed by atoms with Gasteiger partial charge in [0.2, 0.25) is 5.91 Å². The summed E-state index contributed by atoms with van der Waals surface area (Å²) in [4.78, 5) is 30.0. The van der Waals surface area contributed by atoms with Crippen LogP contribution in [0.4, 0.5) is 5.69 Å². The SMILES string of the molecule is CN(Cc1ccccn1)C(=O)c1ccc(NC(=O)C2CC2)cc1. The van der Waals surface area contributed by atoms with Gasteiger partial charge in [-0.3, -0.25) is 14.6 Å². The number of nitrogens with zero attached hydrogens (tertiary/aromatic N) is 2. The van der Waals surface area contributed by atoms with Gasteiger partial charge >= 0.3 is 0 Å². The minimum atomic E-state index is -0.0734. The van der Waals surface area contributed by atoms with Crippen molar-refractivity contribution in [2.45, 2.75) is 19.4 Å². The van der Waals surface area contributed by atoms with Crippen LogP contribution in [-0.4, -0.2) is 28.7 Å². The summed E-state index contributed by atoms with van der Waals surface area (Å²) in [6.45, 7) is 0.458. The van der Waals surface area contributed by atoms with Crippen LogP contribution in [0.2, 0.25) is 0 Å². The Kier molecular flexibility index (Phi) is 4.37. The standard InChI is InChI=1S/C18H19N3O2/c1-21(12-16-4-2-3-11-19-16)18(23)14-7-9-15(10-8-14)20-17(22)13-5-6-13/h2-4,7-11,13H,5-6,12H2,1H3,(H,20,22). The first kappa shape index (κ1) is 15.2. The van der Waals surface area contributed by atoms with E-state index in [9.17, 15) is 9.59 Å². The van der Waals surface area contributed by atoms with Gasteiger partial charge in [-0.2, -0.15) is 0 Å². The summed E-state index contributed by atoms with van der Waals surface area (Å²) < 4.78 is 0. The number of hydrogen-bond donors (Lipinski definition) is 1. The molecule has 0 spiro atoms. The van der Waals surface area contributed by atoms with E-state index in [1.807, 2.05) is 18.2 Å². The second kappa shape index (κ2) is 6.60. The predicted molar refractivity (Wildman–Crippen MR) is 87.8 cm³/mol. The fourth-order valence-corrected chi connectivity index (χ4v) is 2.31. The number of aromatic nitrogens is 1. The molecule has 0 saturated heterocycles. The second-order valence-corrected chi connectivity index (χ2v) is 5.82. The van der Waals surface area contributed by atoms with Crippen LogP contribution in [0.25, 0.3) is 0 Å². The zero-order valence-electron chi connectivity index (χ0n) is 13.0. The molecule has 0 unspecified atom stereocenters. The van der Waals surface area contributed by atoms with E-state index in [2.05, 4.69) is 10.3 Å². The smallest absolute Gasteiger partial charge is 0.253 e. The second-order valence-electron chi connectivity index (χ2n) is 5.82. The summed E-state index contributed by atoms with van der Waals surface area (Å²) in [6, 6.07) is 12.6. The van der Waals surface area contributed by atoms with Crippen molar-refractivity contribution in [3.63, 3.8) is 0 Å². The lowest BCUT2D eigenvalue weighted by Crippen LogP contribution is -2.26. The van der Waals surface area contributed by atoms with E-state index in [1.165, 1.54) is 0 Å². The molecule has 5 heteroatoms. The number of benzene rings is 1. The van der Waals surface area contributed by atoms with Gasteiger partial charge in [0.05, 0.1) is 12.2 Å². The van der Waals surface area contributed by atoms with Crippen LogP contribution in [-0.2, 0) is 11.3 Å². The summed E-state index contributed by atoms with van der Waals surface area (Å²) in [5, 5.41) is 2.87. The first-order chi connectivity index (χ1) is 11.1. The van der Waals surface area contributed by atoms with E-state index in [4.69, 9.17) is 0 Å². The number of amides is 2. The zero-order chi connectivity index (χ0) is 16.2. The molecule has 118 valence electrons. The molecule has 5 nitrogen and oxygen atoms in total. The molecule has 1 aliphatic rings. The van der Waals surface area contributed by atoms with Crippen LogP contribution < -0.4 is 5.32 Å². The summed E-state index contributed by atoms with van der Waals surface area (Å²) in [5.74, 6) is 0.160. The molecule has 0 aliphatic heterocycles. The highest BCUT2D eigenvalue weighted by molar-refractivity contribution is 5.96. The minimum Gasteiger partial charge on any atom is -0.336 e. The molecule has 0 atom stereocenters. The number of pyridine rings is 1. The van der Waals surface area contributed by atoms with Crippen molar-refractivity contribution in [1.29, 1.82) is 0 Å². The Morgan fingerprint density at radius 3 is 2.52 bits per heavy atom. The molecular weight excluding hydrogens is 290 g/mol. The van der Waals surface area contributed by atoms with Crippen LogP contribution in [0.15, 0.2) is 48.7 Å². The van der Waals surface area contributed by atoms with Crippen molar-refractivity contribution in [2.24, 2.45) is 5.92 Å². The summed E-state index contributed by atoms with van der Waals surface area (Å²) >= 11 is 0. The van der Waals surface area contributed by atoms with E-state index in [-0.39, 0.29) is 17.7 Å². The van der Waals surface area contributed by atoms with Gasteiger partial charge in [-0.1, -0.05) is 6.07 Å². The molecule has 1 N–H and O–H groups in total. The van der Waals surface area contributed by atoms with Gasteiger partial charge in [-0.25, -0.2) is 0 Å². The molecular formula is C18H19N3O2. The van der Waals surface area contributed by atoms with Crippen LogP contribution in [0.3, 0.4) is 0 Å². The highest BCUT2D eigenvalue weighted by Gasteiger charge is 2.29. The fraction of sp³-hybridized carbons (Fsp3) is 0.278. The monoisotopic (exact) mass is 309 g/mol. The Morgan fingerprint density at radius 1 is 1.17 bits per heavy atom. The number of anilines is 1. The minimum absolute atomic E-state index is 0.0661. The van der Waals surface area contributed by atoms with Crippen molar-refractivity contribution in [2.75, 3.05) is 12.4 Å². The van der Waals surface area contributed by atoms with Crippen LogP contribution >= 0.6 is 0 Å². The molecule has 23 heavy (non-hydrogen) atoms. The topological polar surface area (TPSA) is 62.3 Å². The molecule has 1 aromatic carbocycles. The third-order valence-corrected chi connectivity index (χ3v) is 3.82. The van der Waals surface area contributed by atoms with E-state index >= 15 is 0 Å². The Labute approximate surface area is 135 Å². The maximum atomic E-state index is 12.4. The van der Waals surface area contributed by atoms with Crippen LogP contribution in [0.1, 0.15) is 28.9 Å². The quantitative estimate of drug-likeness (QED) is 0.923. The molecule has 1 aliphatic carbocycles. The van der Waals surface area contributed by atoms with E-state index in [1.54, 1.807) is 42.4 Å². The Morgan fingerprint density at radius 2 is 1.91 bits per heavy atom. The predicted octanol–water partition coefficient (Wildman–Crippen LogP) is 2.70. The molecule has 1 fully saturated rings. The van der Waals surface area contributed by atoms with Gasteiger partial charge in [0.25, 0.3) is 5.91 Å². The fourth-order valence-electron chi connectivity index (χ4n) is 2.31. The normalized spacial score (nSPS) is 13.4. The summed E-state index contributed by atoms with van der Waals surface area (Å²) in [6.07, 6.45) is 3.66. The number of carbonyl (C=O) groups excluding carboxylic acids is 2. The lowest BCUT2D eigenvalue weighted by atomic mass is 10.1. The third-order valence-electron chi connectivity index (χ3n) is 3.82. The van der Waals surface area contributed by atoms with E-state index < -0.39 is 0 Å². The Bertz CT molecular complexity index is 694. The van der Waals surface area contributed by atoms with Gasteiger partial charge in [-0.15, -0.1) is 0 Å².